The maximum atomic E-state index is 9.19. The lowest BCUT2D eigenvalue weighted by molar-refractivity contribution is 0.203. The lowest BCUT2D eigenvalue weighted by Gasteiger charge is -2.42. The van der Waals surface area contributed by atoms with Gasteiger partial charge in [-0.3, -0.25) is 4.90 Å². The summed E-state index contributed by atoms with van der Waals surface area (Å²) >= 11 is 1.36. The first-order valence-electron chi connectivity index (χ1n) is 6.36. The van der Waals surface area contributed by atoms with Crippen LogP contribution in [0.2, 0.25) is 0 Å². The molecule has 0 amide bonds. The molecule has 2 unspecified atom stereocenters. The van der Waals surface area contributed by atoms with E-state index in [9.17, 15) is 5.26 Å². The van der Waals surface area contributed by atoms with Crippen LogP contribution >= 0.6 is 11.5 Å². The lowest BCUT2D eigenvalue weighted by Crippen LogP contribution is -2.55. The topological polar surface area (TPSA) is 69.2 Å². The van der Waals surface area contributed by atoms with Gasteiger partial charge in [-0.2, -0.15) is 9.64 Å². The Morgan fingerprint density at radius 1 is 1.50 bits per heavy atom. The first-order valence-corrected chi connectivity index (χ1v) is 7.14. The van der Waals surface area contributed by atoms with Crippen LogP contribution in [-0.4, -0.2) is 41.0 Å². The number of aromatic nitrogens is 1. The van der Waals surface area contributed by atoms with Crippen molar-refractivity contribution in [3.05, 3.63) is 5.56 Å². The fraction of sp³-hybridized carbons (Fsp3) is 0.667. The second-order valence-electron chi connectivity index (χ2n) is 5.15. The van der Waals surface area contributed by atoms with E-state index < -0.39 is 0 Å². The highest BCUT2D eigenvalue weighted by atomic mass is 32.1. The van der Waals surface area contributed by atoms with Crippen molar-refractivity contribution in [3.63, 3.8) is 0 Å². The van der Waals surface area contributed by atoms with Crippen molar-refractivity contribution in [1.82, 2.24) is 9.27 Å². The molecule has 1 aromatic heterocycles. The van der Waals surface area contributed by atoms with E-state index in [0.29, 0.717) is 23.5 Å². The largest absolute Gasteiger partial charge is 0.382 e. The van der Waals surface area contributed by atoms with Crippen LogP contribution in [-0.2, 0) is 0 Å². The zero-order valence-corrected chi connectivity index (χ0v) is 11.3. The Bertz CT molecular complexity index is 491. The normalized spacial score (nSPS) is 28.1. The Labute approximate surface area is 111 Å². The highest BCUT2D eigenvalue weighted by molar-refractivity contribution is 7.10. The number of nitrogens with zero attached hydrogens (tertiary/aromatic N) is 4. The van der Waals surface area contributed by atoms with Crippen LogP contribution < -0.4 is 10.6 Å². The van der Waals surface area contributed by atoms with Gasteiger partial charge in [0.2, 0.25) is 0 Å². The molecule has 2 N–H and O–H groups in total. The van der Waals surface area contributed by atoms with Gasteiger partial charge in [0.25, 0.3) is 0 Å². The minimum atomic E-state index is 0.374. The molecule has 2 saturated heterocycles. The predicted molar refractivity (Wildman–Crippen MR) is 72.6 cm³/mol. The highest BCUT2D eigenvalue weighted by Crippen LogP contribution is 2.35. The van der Waals surface area contributed by atoms with E-state index in [4.69, 9.17) is 5.73 Å². The van der Waals surface area contributed by atoms with Gasteiger partial charge in [-0.05, 0) is 37.8 Å². The summed E-state index contributed by atoms with van der Waals surface area (Å²) in [7, 11) is 0. The number of nitriles is 1. The van der Waals surface area contributed by atoms with Crippen molar-refractivity contribution in [3.8, 4) is 6.07 Å². The highest BCUT2D eigenvalue weighted by Gasteiger charge is 2.36. The average Bonchev–Trinajstić information content (AvgIpc) is 2.93. The van der Waals surface area contributed by atoms with E-state index in [1.54, 1.807) is 0 Å². The molecule has 2 aliphatic rings. The summed E-state index contributed by atoms with van der Waals surface area (Å²) in [6.07, 6.45) is 2.56. The van der Waals surface area contributed by atoms with Crippen LogP contribution in [0.5, 0.6) is 0 Å². The number of fused-ring (bicyclic) bond motifs is 1. The zero-order valence-electron chi connectivity index (χ0n) is 10.5. The van der Waals surface area contributed by atoms with E-state index in [-0.39, 0.29) is 0 Å². The van der Waals surface area contributed by atoms with Crippen molar-refractivity contribution in [2.45, 2.75) is 31.8 Å². The standard InChI is InChI=1S/C12H17N5S/c1-8-6-16-4-2-3-9(16)7-17(8)12-10(5-13)11(14)15-18-12/h8-9H,2-4,6-7H2,1H3,(H2,14,15). The van der Waals surface area contributed by atoms with Gasteiger partial charge in [0.05, 0.1) is 0 Å². The number of hydrogen-bond acceptors (Lipinski definition) is 6. The molecule has 5 nitrogen and oxygen atoms in total. The third-order valence-corrected chi connectivity index (χ3v) is 4.91. The Morgan fingerprint density at radius 3 is 3.11 bits per heavy atom. The first kappa shape index (κ1) is 11.8. The predicted octanol–water partition coefficient (Wildman–Crippen LogP) is 1.27. The SMILES string of the molecule is CC1CN2CCCC2CN1c1snc(N)c1C#N. The maximum Gasteiger partial charge on any atom is 0.157 e. The fourth-order valence-electron chi connectivity index (χ4n) is 3.06. The Morgan fingerprint density at radius 2 is 2.33 bits per heavy atom. The minimum Gasteiger partial charge on any atom is -0.382 e. The molecule has 6 heteroatoms. The molecule has 0 aliphatic carbocycles. The van der Waals surface area contributed by atoms with Gasteiger partial charge in [-0.15, -0.1) is 0 Å². The van der Waals surface area contributed by atoms with E-state index in [2.05, 4.69) is 27.2 Å². The van der Waals surface area contributed by atoms with E-state index in [1.807, 2.05) is 0 Å². The number of anilines is 2. The zero-order chi connectivity index (χ0) is 12.7. The van der Waals surface area contributed by atoms with Crippen LogP contribution in [0, 0.1) is 11.3 Å². The number of hydrogen-bond donors (Lipinski definition) is 1. The summed E-state index contributed by atoms with van der Waals surface area (Å²) in [6.45, 7) is 5.51. The molecule has 0 spiro atoms. The molecule has 0 radical (unpaired) electrons. The first-order chi connectivity index (χ1) is 8.70. The third kappa shape index (κ3) is 1.74. The molecule has 1 aromatic rings. The Hall–Kier alpha value is -1.32. The Kier molecular flexibility index (Phi) is 2.88. The third-order valence-electron chi connectivity index (χ3n) is 4.01. The molecular weight excluding hydrogens is 246 g/mol. The quantitative estimate of drug-likeness (QED) is 0.826. The summed E-state index contributed by atoms with van der Waals surface area (Å²) in [5.41, 5.74) is 6.30. The van der Waals surface area contributed by atoms with Crippen LogP contribution in [0.4, 0.5) is 10.8 Å². The van der Waals surface area contributed by atoms with Gasteiger partial charge in [0, 0.05) is 25.2 Å². The second kappa shape index (κ2) is 4.41. The number of piperazine rings is 1. The molecule has 3 rings (SSSR count). The van der Waals surface area contributed by atoms with Gasteiger partial charge in [-0.25, -0.2) is 0 Å². The van der Waals surface area contributed by atoms with Crippen molar-refractivity contribution in [1.29, 1.82) is 5.26 Å². The molecule has 96 valence electrons. The smallest absolute Gasteiger partial charge is 0.157 e. The number of nitrogens with two attached hydrogens (primary N) is 1. The van der Waals surface area contributed by atoms with Crippen LogP contribution in [0.15, 0.2) is 0 Å². The minimum absolute atomic E-state index is 0.374. The van der Waals surface area contributed by atoms with Gasteiger partial charge in [0.1, 0.15) is 16.6 Å². The van der Waals surface area contributed by atoms with Crippen LogP contribution in [0.3, 0.4) is 0 Å². The van der Waals surface area contributed by atoms with Gasteiger partial charge in [-0.1, -0.05) is 0 Å². The second-order valence-corrected chi connectivity index (χ2v) is 5.90. The molecule has 2 fully saturated rings. The maximum absolute atomic E-state index is 9.19. The summed E-state index contributed by atoms with van der Waals surface area (Å²) in [4.78, 5) is 4.89. The number of nitrogen functional groups attached to an aromatic ring is 1. The van der Waals surface area contributed by atoms with Crippen LogP contribution in [0.25, 0.3) is 0 Å². The molecular formula is C12H17N5S. The molecule has 0 saturated carbocycles. The summed E-state index contributed by atoms with van der Waals surface area (Å²) in [5.74, 6) is 0.374. The summed E-state index contributed by atoms with van der Waals surface area (Å²) < 4.78 is 4.12. The fourth-order valence-corrected chi connectivity index (χ4v) is 3.94. The molecule has 0 bridgehead atoms. The van der Waals surface area contributed by atoms with E-state index in [1.165, 1.54) is 30.9 Å². The molecule has 0 aromatic carbocycles. The van der Waals surface area contributed by atoms with Crippen molar-refractivity contribution < 1.29 is 0 Å². The molecule has 2 aliphatic heterocycles. The van der Waals surface area contributed by atoms with Gasteiger partial charge in [0.15, 0.2) is 5.82 Å². The van der Waals surface area contributed by atoms with Gasteiger partial charge >= 0.3 is 0 Å². The average molecular weight is 263 g/mol. The summed E-state index contributed by atoms with van der Waals surface area (Å²) in [6, 6.07) is 3.25. The van der Waals surface area contributed by atoms with Crippen molar-refractivity contribution in [2.24, 2.45) is 0 Å². The van der Waals surface area contributed by atoms with E-state index in [0.717, 1.165) is 18.1 Å². The monoisotopic (exact) mass is 263 g/mol. The molecule has 3 heterocycles. The molecule has 18 heavy (non-hydrogen) atoms. The Balaban J connectivity index is 1.89. The van der Waals surface area contributed by atoms with Crippen molar-refractivity contribution >= 4 is 22.4 Å². The van der Waals surface area contributed by atoms with Crippen molar-refractivity contribution in [2.75, 3.05) is 30.3 Å². The lowest BCUT2D eigenvalue weighted by atomic mass is 10.1. The van der Waals surface area contributed by atoms with Gasteiger partial charge < -0.3 is 10.6 Å². The summed E-state index contributed by atoms with van der Waals surface area (Å²) in [5, 5.41) is 10.1. The van der Waals surface area contributed by atoms with E-state index >= 15 is 0 Å². The number of rotatable bonds is 1. The molecule has 2 atom stereocenters. The van der Waals surface area contributed by atoms with Crippen LogP contribution in [0.1, 0.15) is 25.3 Å².